The summed E-state index contributed by atoms with van der Waals surface area (Å²) in [6, 6.07) is 15.2. The van der Waals surface area contributed by atoms with Crippen LogP contribution in [-0.2, 0) is 15.9 Å². The van der Waals surface area contributed by atoms with Gasteiger partial charge in [-0.05, 0) is 55.4 Å². The van der Waals surface area contributed by atoms with Gasteiger partial charge >= 0.3 is 0 Å². The van der Waals surface area contributed by atoms with Crippen LogP contribution in [0.5, 0.6) is 0 Å². The lowest BCUT2D eigenvalue weighted by atomic mass is 9.96. The summed E-state index contributed by atoms with van der Waals surface area (Å²) in [7, 11) is 0. The van der Waals surface area contributed by atoms with Crippen molar-refractivity contribution >= 4 is 0 Å². The second-order valence-corrected chi connectivity index (χ2v) is 10.7. The van der Waals surface area contributed by atoms with E-state index in [1.165, 1.54) is 25.3 Å². The third-order valence-electron chi connectivity index (χ3n) is 7.68. The Kier molecular flexibility index (Phi) is 11.4. The van der Waals surface area contributed by atoms with Gasteiger partial charge in [0.05, 0.1) is 13.2 Å². The molecular formula is C35H41F3O2. The van der Waals surface area contributed by atoms with E-state index in [2.05, 4.69) is 13.0 Å². The molecule has 1 aliphatic rings. The fourth-order valence-corrected chi connectivity index (χ4v) is 5.24. The van der Waals surface area contributed by atoms with Gasteiger partial charge < -0.3 is 9.47 Å². The van der Waals surface area contributed by atoms with Crippen molar-refractivity contribution in [2.24, 2.45) is 5.92 Å². The minimum Gasteiger partial charge on any atom is -0.348 e. The van der Waals surface area contributed by atoms with Crippen LogP contribution in [-0.4, -0.2) is 13.2 Å². The van der Waals surface area contributed by atoms with Crippen molar-refractivity contribution in [3.05, 3.63) is 95.3 Å². The fraction of sp³-hybridized carbons (Fsp3) is 0.429. The molecule has 1 heterocycles. The lowest BCUT2D eigenvalue weighted by Gasteiger charge is -2.29. The number of aryl methyl sites for hydroxylation is 1. The van der Waals surface area contributed by atoms with Gasteiger partial charge in [-0.2, -0.15) is 0 Å². The first-order valence-electron chi connectivity index (χ1n) is 14.7. The van der Waals surface area contributed by atoms with Gasteiger partial charge in [0.15, 0.2) is 17.9 Å². The van der Waals surface area contributed by atoms with Crippen molar-refractivity contribution in [1.29, 1.82) is 0 Å². The van der Waals surface area contributed by atoms with E-state index in [4.69, 9.17) is 9.47 Å². The molecule has 1 fully saturated rings. The third-order valence-corrected chi connectivity index (χ3v) is 7.68. The van der Waals surface area contributed by atoms with Gasteiger partial charge in [-0.15, -0.1) is 0 Å². The monoisotopic (exact) mass is 550 g/mol. The molecule has 1 saturated heterocycles. The summed E-state index contributed by atoms with van der Waals surface area (Å²) < 4.78 is 56.6. The first kappa shape index (κ1) is 30.1. The number of rotatable bonds is 13. The van der Waals surface area contributed by atoms with Crippen LogP contribution in [0.3, 0.4) is 0 Å². The average molecular weight is 551 g/mol. The summed E-state index contributed by atoms with van der Waals surface area (Å²) in [5.41, 5.74) is 2.91. The molecule has 214 valence electrons. The highest BCUT2D eigenvalue weighted by atomic mass is 19.2. The molecule has 0 unspecified atom stereocenters. The standard InChI is InChI=1S/C35H41F3O2/c1-3-5-7-8-9-11-13-28-18-21-31(34(38)33(28)37)27-16-14-26(15-17-27)30-20-19-29(22-32(30)36)35-39-23-25(24-40-35)12-10-6-4-2/h4,6,14-22,25,35H,3,5,7-13,23-24H2,1-2H3/b6-4+. The van der Waals surface area contributed by atoms with E-state index in [1.54, 1.807) is 42.5 Å². The molecule has 0 atom stereocenters. The SMILES string of the molecule is C/C=C/CCC1COC(c2ccc(-c3ccc(-c4ccc(CCCCCCCC)c(F)c4F)cc3)c(F)c2)OC1. The van der Waals surface area contributed by atoms with E-state index in [0.717, 1.165) is 32.1 Å². The van der Waals surface area contributed by atoms with E-state index in [9.17, 15) is 8.78 Å². The summed E-state index contributed by atoms with van der Waals surface area (Å²) in [6.45, 7) is 5.36. The van der Waals surface area contributed by atoms with Gasteiger partial charge in [0, 0.05) is 22.6 Å². The Morgan fingerprint density at radius 1 is 0.775 bits per heavy atom. The summed E-state index contributed by atoms with van der Waals surface area (Å²) in [5.74, 6) is -1.65. The summed E-state index contributed by atoms with van der Waals surface area (Å²) >= 11 is 0. The van der Waals surface area contributed by atoms with E-state index < -0.39 is 17.9 Å². The molecule has 0 aliphatic carbocycles. The lowest BCUT2D eigenvalue weighted by Crippen LogP contribution is -2.27. The molecule has 2 nitrogen and oxygen atoms in total. The van der Waals surface area contributed by atoms with Crippen molar-refractivity contribution in [1.82, 2.24) is 0 Å². The van der Waals surface area contributed by atoms with Gasteiger partial charge in [-0.1, -0.05) is 99.7 Å². The number of allylic oxidation sites excluding steroid dienone is 2. The molecule has 0 amide bonds. The maximum atomic E-state index is 15.1. The zero-order chi connectivity index (χ0) is 28.3. The Morgan fingerprint density at radius 2 is 1.43 bits per heavy atom. The quantitative estimate of drug-likeness (QED) is 0.156. The molecule has 5 heteroatoms. The van der Waals surface area contributed by atoms with Crippen LogP contribution in [0.15, 0.2) is 66.7 Å². The van der Waals surface area contributed by atoms with Crippen LogP contribution in [0.4, 0.5) is 13.2 Å². The molecular weight excluding hydrogens is 509 g/mol. The predicted molar refractivity (Wildman–Crippen MR) is 156 cm³/mol. The Labute approximate surface area is 237 Å². The molecule has 1 aliphatic heterocycles. The second kappa shape index (κ2) is 15.2. The Hall–Kier alpha value is -2.89. The van der Waals surface area contributed by atoms with Crippen molar-refractivity contribution in [3.8, 4) is 22.3 Å². The minimum atomic E-state index is -0.830. The van der Waals surface area contributed by atoms with E-state index in [1.807, 2.05) is 19.1 Å². The fourth-order valence-electron chi connectivity index (χ4n) is 5.24. The predicted octanol–water partition coefficient (Wildman–Crippen LogP) is 10.4. The average Bonchev–Trinajstić information content (AvgIpc) is 2.98. The highest BCUT2D eigenvalue weighted by molar-refractivity contribution is 5.71. The molecule has 0 radical (unpaired) electrons. The van der Waals surface area contributed by atoms with Gasteiger partial charge in [0.1, 0.15) is 5.82 Å². The number of hydrogen-bond acceptors (Lipinski definition) is 2. The molecule has 40 heavy (non-hydrogen) atoms. The molecule has 4 rings (SSSR count). The Bertz CT molecular complexity index is 1240. The van der Waals surface area contributed by atoms with Gasteiger partial charge in [0.2, 0.25) is 0 Å². The zero-order valence-corrected chi connectivity index (χ0v) is 23.7. The van der Waals surface area contributed by atoms with Gasteiger partial charge in [-0.3, -0.25) is 0 Å². The highest BCUT2D eigenvalue weighted by Crippen LogP contribution is 2.33. The molecule has 0 N–H and O–H groups in total. The van der Waals surface area contributed by atoms with Crippen molar-refractivity contribution in [2.45, 2.75) is 77.9 Å². The zero-order valence-electron chi connectivity index (χ0n) is 23.7. The number of unbranched alkanes of at least 4 members (excludes halogenated alkanes) is 5. The number of benzene rings is 3. The third kappa shape index (κ3) is 7.86. The Balaban J connectivity index is 1.38. The van der Waals surface area contributed by atoms with Crippen LogP contribution in [0.25, 0.3) is 22.3 Å². The number of ether oxygens (including phenoxy) is 2. The normalized spacial score (nSPS) is 17.5. The maximum Gasteiger partial charge on any atom is 0.183 e. The van der Waals surface area contributed by atoms with Crippen LogP contribution in [0.2, 0.25) is 0 Å². The largest absolute Gasteiger partial charge is 0.348 e. The Morgan fingerprint density at radius 3 is 2.10 bits per heavy atom. The van der Waals surface area contributed by atoms with Crippen molar-refractivity contribution in [3.63, 3.8) is 0 Å². The summed E-state index contributed by atoms with van der Waals surface area (Å²) in [6.07, 6.45) is 12.7. The highest BCUT2D eigenvalue weighted by Gasteiger charge is 2.24. The van der Waals surface area contributed by atoms with Gasteiger partial charge in [-0.25, -0.2) is 13.2 Å². The smallest absolute Gasteiger partial charge is 0.183 e. The van der Waals surface area contributed by atoms with E-state index >= 15 is 4.39 Å². The molecule has 0 bridgehead atoms. The maximum absolute atomic E-state index is 15.1. The van der Waals surface area contributed by atoms with Crippen LogP contribution >= 0.6 is 0 Å². The first-order valence-corrected chi connectivity index (χ1v) is 14.7. The van der Waals surface area contributed by atoms with Gasteiger partial charge in [0.25, 0.3) is 0 Å². The number of halogens is 3. The number of hydrogen-bond donors (Lipinski definition) is 0. The van der Waals surface area contributed by atoms with Crippen LogP contribution in [0, 0.1) is 23.4 Å². The molecule has 3 aromatic carbocycles. The minimum absolute atomic E-state index is 0.210. The molecule has 3 aromatic rings. The lowest BCUT2D eigenvalue weighted by molar-refractivity contribution is -0.205. The second-order valence-electron chi connectivity index (χ2n) is 10.7. The van der Waals surface area contributed by atoms with Crippen molar-refractivity contribution in [2.75, 3.05) is 13.2 Å². The topological polar surface area (TPSA) is 18.5 Å². The summed E-state index contributed by atoms with van der Waals surface area (Å²) in [4.78, 5) is 0. The van der Waals surface area contributed by atoms with E-state index in [-0.39, 0.29) is 11.4 Å². The van der Waals surface area contributed by atoms with E-state index in [0.29, 0.717) is 53.4 Å². The summed E-state index contributed by atoms with van der Waals surface area (Å²) in [5, 5.41) is 0. The molecule has 0 spiro atoms. The molecule has 0 saturated carbocycles. The van der Waals surface area contributed by atoms with Crippen LogP contribution in [0.1, 0.15) is 82.6 Å². The molecule has 0 aromatic heterocycles. The van der Waals surface area contributed by atoms with Crippen LogP contribution < -0.4 is 0 Å². The first-order chi connectivity index (χ1) is 19.5. The van der Waals surface area contributed by atoms with Crippen molar-refractivity contribution < 1.29 is 22.6 Å².